The van der Waals surface area contributed by atoms with E-state index in [-0.39, 0.29) is 11.9 Å². The van der Waals surface area contributed by atoms with Crippen LogP contribution in [0.15, 0.2) is 53.5 Å². The predicted molar refractivity (Wildman–Crippen MR) is 100 cm³/mol. The van der Waals surface area contributed by atoms with Gasteiger partial charge in [0, 0.05) is 18.4 Å². The van der Waals surface area contributed by atoms with Crippen LogP contribution in [0.4, 0.5) is 10.1 Å². The molecule has 1 unspecified atom stereocenters. The van der Waals surface area contributed by atoms with Crippen LogP contribution in [-0.4, -0.2) is 38.6 Å². The van der Waals surface area contributed by atoms with Crippen LogP contribution in [0, 0.1) is 5.82 Å². The number of anilines is 1. The van der Waals surface area contributed by atoms with E-state index in [0.717, 1.165) is 16.8 Å². The molecule has 2 rings (SSSR count). The lowest BCUT2D eigenvalue weighted by molar-refractivity contribution is 0.185. The first-order valence-corrected chi connectivity index (χ1v) is 8.07. The molecule has 0 fully saturated rings. The Morgan fingerprint density at radius 3 is 2.68 bits per heavy atom. The Hall–Kier alpha value is -2.44. The molecular formula is C19H25FN4O. The molecule has 5 nitrogen and oxygen atoms in total. The number of guanidine groups is 1. The second-order valence-corrected chi connectivity index (χ2v) is 5.98. The Kier molecular flexibility index (Phi) is 6.91. The minimum atomic E-state index is -0.257. The van der Waals surface area contributed by atoms with Crippen molar-refractivity contribution in [1.82, 2.24) is 4.90 Å². The van der Waals surface area contributed by atoms with E-state index >= 15 is 0 Å². The van der Waals surface area contributed by atoms with Crippen LogP contribution in [0.1, 0.15) is 17.2 Å². The molecule has 0 bridgehead atoms. The van der Waals surface area contributed by atoms with Crippen molar-refractivity contribution >= 4 is 11.6 Å². The highest BCUT2D eigenvalue weighted by Gasteiger charge is 2.14. The Balaban J connectivity index is 2.10. The molecule has 0 saturated carbocycles. The van der Waals surface area contributed by atoms with Crippen molar-refractivity contribution in [3.63, 3.8) is 0 Å². The zero-order valence-electron chi connectivity index (χ0n) is 14.9. The summed E-state index contributed by atoms with van der Waals surface area (Å²) in [6.07, 6.45) is 0. The highest BCUT2D eigenvalue weighted by molar-refractivity contribution is 5.93. The summed E-state index contributed by atoms with van der Waals surface area (Å²) in [7, 11) is 5.51. The van der Waals surface area contributed by atoms with Crippen molar-refractivity contribution in [2.45, 2.75) is 12.6 Å². The second kappa shape index (κ2) is 9.15. The number of ether oxygens (including phenoxy) is 1. The average molecular weight is 344 g/mol. The van der Waals surface area contributed by atoms with Gasteiger partial charge < -0.3 is 20.7 Å². The van der Waals surface area contributed by atoms with Crippen LogP contribution in [0.25, 0.3) is 0 Å². The summed E-state index contributed by atoms with van der Waals surface area (Å²) in [5, 5.41) is 3.11. The molecule has 0 aromatic heterocycles. The van der Waals surface area contributed by atoms with E-state index in [1.165, 1.54) is 12.1 Å². The molecule has 6 heteroatoms. The largest absolute Gasteiger partial charge is 0.380 e. The maximum atomic E-state index is 13.5. The van der Waals surface area contributed by atoms with E-state index in [4.69, 9.17) is 10.5 Å². The Labute approximate surface area is 148 Å². The third kappa shape index (κ3) is 5.55. The highest BCUT2D eigenvalue weighted by atomic mass is 19.1. The number of aliphatic imine (C=N–C) groups is 1. The standard InChI is InChI=1S/C19H25FN4O/c1-24(2)18(14-8-6-9-16(20)11-14)12-22-19(21)23-17-10-5-4-7-15(17)13-25-3/h4-11,18H,12-13H2,1-3H3,(H3,21,22,23). The van der Waals surface area contributed by atoms with Crippen LogP contribution in [0.2, 0.25) is 0 Å². The number of benzene rings is 2. The fourth-order valence-electron chi connectivity index (χ4n) is 2.57. The van der Waals surface area contributed by atoms with Gasteiger partial charge in [0.2, 0.25) is 0 Å². The third-order valence-electron chi connectivity index (χ3n) is 3.87. The van der Waals surface area contributed by atoms with E-state index < -0.39 is 0 Å². The molecular weight excluding hydrogens is 319 g/mol. The molecule has 2 aromatic carbocycles. The molecule has 0 spiro atoms. The Morgan fingerprint density at radius 2 is 2.00 bits per heavy atom. The van der Waals surface area contributed by atoms with Gasteiger partial charge in [0.25, 0.3) is 0 Å². The Bertz CT molecular complexity index is 718. The van der Waals surface area contributed by atoms with Crippen LogP contribution in [0.5, 0.6) is 0 Å². The molecule has 0 aliphatic heterocycles. The van der Waals surface area contributed by atoms with Gasteiger partial charge in [-0.15, -0.1) is 0 Å². The lowest BCUT2D eigenvalue weighted by Crippen LogP contribution is -2.27. The maximum Gasteiger partial charge on any atom is 0.193 e. The van der Waals surface area contributed by atoms with Crippen LogP contribution in [0.3, 0.4) is 0 Å². The summed E-state index contributed by atoms with van der Waals surface area (Å²) < 4.78 is 18.7. The number of nitrogens with zero attached hydrogens (tertiary/aromatic N) is 2. The number of rotatable bonds is 7. The molecule has 0 amide bonds. The zero-order valence-corrected chi connectivity index (χ0v) is 14.9. The number of nitrogens with one attached hydrogen (secondary N) is 1. The Morgan fingerprint density at radius 1 is 1.24 bits per heavy atom. The van der Waals surface area contributed by atoms with Crippen LogP contribution < -0.4 is 11.1 Å². The summed E-state index contributed by atoms with van der Waals surface area (Å²) in [6.45, 7) is 0.905. The van der Waals surface area contributed by atoms with Crippen molar-refractivity contribution in [2.24, 2.45) is 10.7 Å². The summed E-state index contributed by atoms with van der Waals surface area (Å²) >= 11 is 0. The first-order valence-electron chi connectivity index (χ1n) is 8.07. The average Bonchev–Trinajstić information content (AvgIpc) is 2.57. The summed E-state index contributed by atoms with van der Waals surface area (Å²) in [5.74, 6) is 0.0553. The van der Waals surface area contributed by atoms with Gasteiger partial charge in [-0.2, -0.15) is 0 Å². The van der Waals surface area contributed by atoms with E-state index in [9.17, 15) is 4.39 Å². The van der Waals surface area contributed by atoms with Crippen molar-refractivity contribution in [3.05, 3.63) is 65.5 Å². The number of nitrogens with two attached hydrogens (primary N) is 1. The SMILES string of the molecule is COCc1ccccc1NC(N)=NCC(c1cccc(F)c1)N(C)C. The molecule has 0 aliphatic rings. The molecule has 1 atom stereocenters. The fourth-order valence-corrected chi connectivity index (χ4v) is 2.57. The molecule has 3 N–H and O–H groups in total. The van der Waals surface area contributed by atoms with Crippen molar-refractivity contribution in [2.75, 3.05) is 33.1 Å². The molecule has 0 heterocycles. The van der Waals surface area contributed by atoms with Crippen molar-refractivity contribution in [1.29, 1.82) is 0 Å². The molecule has 134 valence electrons. The van der Waals surface area contributed by atoms with Crippen LogP contribution in [-0.2, 0) is 11.3 Å². The monoisotopic (exact) mass is 344 g/mol. The minimum absolute atomic E-state index is 0.0646. The summed E-state index contributed by atoms with van der Waals surface area (Å²) in [4.78, 5) is 6.42. The lowest BCUT2D eigenvalue weighted by Gasteiger charge is -2.23. The number of halogens is 1. The van der Waals surface area contributed by atoms with Crippen molar-refractivity contribution < 1.29 is 9.13 Å². The molecule has 0 aliphatic carbocycles. The first kappa shape index (κ1) is 18.9. The van der Waals surface area contributed by atoms with E-state index in [1.54, 1.807) is 13.2 Å². The molecule has 0 saturated heterocycles. The first-order chi connectivity index (χ1) is 12.0. The quantitative estimate of drug-likeness (QED) is 0.599. The van der Waals surface area contributed by atoms with E-state index in [0.29, 0.717) is 19.1 Å². The van der Waals surface area contributed by atoms with Gasteiger partial charge in [-0.3, -0.25) is 4.99 Å². The van der Waals surface area contributed by atoms with Gasteiger partial charge in [0.05, 0.1) is 19.2 Å². The van der Waals surface area contributed by atoms with Gasteiger partial charge in [-0.05, 0) is 37.9 Å². The van der Waals surface area contributed by atoms with E-state index in [2.05, 4.69) is 10.3 Å². The smallest absolute Gasteiger partial charge is 0.193 e. The van der Waals surface area contributed by atoms with Gasteiger partial charge >= 0.3 is 0 Å². The molecule has 0 radical (unpaired) electrons. The molecule has 2 aromatic rings. The minimum Gasteiger partial charge on any atom is -0.380 e. The van der Waals surface area contributed by atoms with Gasteiger partial charge in [0.1, 0.15) is 5.82 Å². The predicted octanol–water partition coefficient (Wildman–Crippen LogP) is 3.00. The van der Waals surface area contributed by atoms with E-state index in [1.807, 2.05) is 49.3 Å². The van der Waals surface area contributed by atoms with Gasteiger partial charge in [-0.1, -0.05) is 30.3 Å². The van der Waals surface area contributed by atoms with Gasteiger partial charge in [0.15, 0.2) is 5.96 Å². The summed E-state index contributed by atoms with van der Waals surface area (Å²) in [6, 6.07) is 14.2. The highest BCUT2D eigenvalue weighted by Crippen LogP contribution is 2.20. The number of hydrogen-bond acceptors (Lipinski definition) is 3. The maximum absolute atomic E-state index is 13.5. The number of likely N-dealkylation sites (N-methyl/N-ethyl adjacent to an activating group) is 1. The van der Waals surface area contributed by atoms with Crippen molar-refractivity contribution in [3.8, 4) is 0 Å². The summed E-state index contributed by atoms with van der Waals surface area (Å²) in [5.41, 5.74) is 8.75. The van der Waals surface area contributed by atoms with Crippen LogP contribution >= 0.6 is 0 Å². The second-order valence-electron chi connectivity index (χ2n) is 5.98. The lowest BCUT2D eigenvalue weighted by atomic mass is 10.1. The third-order valence-corrected chi connectivity index (χ3v) is 3.87. The zero-order chi connectivity index (χ0) is 18.2. The topological polar surface area (TPSA) is 62.9 Å². The number of methoxy groups -OCH3 is 1. The number of hydrogen-bond donors (Lipinski definition) is 2. The fraction of sp³-hybridized carbons (Fsp3) is 0.316. The number of para-hydroxylation sites is 1. The molecule has 25 heavy (non-hydrogen) atoms. The van der Waals surface area contributed by atoms with Gasteiger partial charge in [-0.25, -0.2) is 4.39 Å². The normalized spacial score (nSPS) is 13.1.